The fraction of sp³-hybridized carbons (Fsp3) is 0.600. The molecule has 0 aliphatic heterocycles. The van der Waals surface area contributed by atoms with Crippen LogP contribution in [-0.4, -0.2) is 39.7 Å². The van der Waals surface area contributed by atoms with Crippen molar-refractivity contribution in [3.05, 3.63) is 30.3 Å². The Labute approximate surface area is 139 Å². The SMILES string of the molecule is CC(C)O[Si](OC(C)C)(OC(F)(CF)C(F)(F)F)c1ccccc1. The summed E-state index contributed by atoms with van der Waals surface area (Å²) in [5.74, 6) is -4.52. The molecule has 0 heterocycles. The van der Waals surface area contributed by atoms with Crippen molar-refractivity contribution in [1.82, 2.24) is 0 Å². The van der Waals surface area contributed by atoms with Gasteiger partial charge in [-0.1, -0.05) is 30.3 Å². The van der Waals surface area contributed by atoms with Crippen molar-refractivity contribution < 1.29 is 35.2 Å². The Balaban J connectivity index is 3.45. The summed E-state index contributed by atoms with van der Waals surface area (Å²) in [7, 11) is -4.40. The minimum atomic E-state index is -5.57. The van der Waals surface area contributed by atoms with Crippen molar-refractivity contribution in [2.45, 2.75) is 51.9 Å². The summed E-state index contributed by atoms with van der Waals surface area (Å²) in [6.07, 6.45) is -6.84. The van der Waals surface area contributed by atoms with Gasteiger partial charge in [0.1, 0.15) is 0 Å². The Morgan fingerprint density at radius 2 is 1.38 bits per heavy atom. The van der Waals surface area contributed by atoms with Gasteiger partial charge in [-0.3, -0.25) is 0 Å². The summed E-state index contributed by atoms with van der Waals surface area (Å²) >= 11 is 0. The van der Waals surface area contributed by atoms with Gasteiger partial charge in [0.15, 0.2) is 6.67 Å². The first-order chi connectivity index (χ1) is 11.0. The van der Waals surface area contributed by atoms with Crippen LogP contribution in [0.4, 0.5) is 22.0 Å². The topological polar surface area (TPSA) is 27.7 Å². The lowest BCUT2D eigenvalue weighted by Gasteiger charge is -2.38. The molecule has 3 nitrogen and oxygen atoms in total. The van der Waals surface area contributed by atoms with E-state index >= 15 is 0 Å². The zero-order chi connectivity index (χ0) is 18.6. The van der Waals surface area contributed by atoms with Gasteiger partial charge < -0.3 is 13.3 Å². The standard InChI is InChI=1S/C15H21F5O3Si/c1-11(2)21-24(22-12(3)4,13-8-6-5-7-9-13)23-14(17,10-16)15(18,19)20/h5-9,11-12H,10H2,1-4H3. The highest BCUT2D eigenvalue weighted by atomic mass is 28.4. The fourth-order valence-corrected chi connectivity index (χ4v) is 4.89. The molecule has 138 valence electrons. The highest BCUT2D eigenvalue weighted by Crippen LogP contribution is 2.38. The van der Waals surface area contributed by atoms with E-state index in [9.17, 15) is 22.0 Å². The molecule has 0 saturated carbocycles. The van der Waals surface area contributed by atoms with E-state index in [1.807, 2.05) is 0 Å². The first-order valence-corrected chi connectivity index (χ1v) is 9.11. The first kappa shape index (κ1) is 21.0. The summed E-state index contributed by atoms with van der Waals surface area (Å²) in [5, 5.41) is 0.118. The predicted molar refractivity (Wildman–Crippen MR) is 81.2 cm³/mol. The van der Waals surface area contributed by atoms with Crippen molar-refractivity contribution >= 4 is 14.0 Å². The molecule has 0 amide bonds. The molecule has 1 rings (SSSR count). The van der Waals surface area contributed by atoms with Crippen LogP contribution in [0, 0.1) is 0 Å². The van der Waals surface area contributed by atoms with Gasteiger partial charge in [0, 0.05) is 17.4 Å². The summed E-state index contributed by atoms with van der Waals surface area (Å²) in [6.45, 7) is 3.77. The molecular weight excluding hydrogens is 351 g/mol. The lowest BCUT2D eigenvalue weighted by atomic mass is 10.3. The molecule has 0 saturated heterocycles. The number of benzene rings is 1. The molecule has 0 aromatic heterocycles. The van der Waals surface area contributed by atoms with Crippen molar-refractivity contribution in [3.63, 3.8) is 0 Å². The van der Waals surface area contributed by atoms with Crippen LogP contribution in [0.3, 0.4) is 0 Å². The van der Waals surface area contributed by atoms with E-state index < -0.39 is 39.7 Å². The third-order valence-corrected chi connectivity index (χ3v) is 6.00. The normalized spacial score (nSPS) is 15.8. The van der Waals surface area contributed by atoms with Crippen LogP contribution >= 0.6 is 0 Å². The van der Waals surface area contributed by atoms with Gasteiger partial charge in [0.05, 0.1) is 0 Å². The molecule has 0 aliphatic carbocycles. The Morgan fingerprint density at radius 3 is 1.71 bits per heavy atom. The quantitative estimate of drug-likeness (QED) is 0.512. The van der Waals surface area contributed by atoms with Crippen molar-refractivity contribution in [2.24, 2.45) is 0 Å². The third-order valence-electron chi connectivity index (χ3n) is 2.80. The average Bonchev–Trinajstić information content (AvgIpc) is 2.45. The maximum atomic E-state index is 14.3. The monoisotopic (exact) mass is 372 g/mol. The van der Waals surface area contributed by atoms with Crippen molar-refractivity contribution in [3.8, 4) is 0 Å². The van der Waals surface area contributed by atoms with Crippen LogP contribution in [0.15, 0.2) is 30.3 Å². The van der Waals surface area contributed by atoms with E-state index in [0.717, 1.165) is 0 Å². The molecule has 0 N–H and O–H groups in total. The molecular formula is C15H21F5O3Si. The molecule has 0 spiro atoms. The zero-order valence-corrected chi connectivity index (χ0v) is 14.9. The molecule has 0 aliphatic rings. The van der Waals surface area contributed by atoms with Gasteiger partial charge in [-0.2, -0.15) is 17.6 Å². The second kappa shape index (κ2) is 7.90. The highest BCUT2D eigenvalue weighted by molar-refractivity contribution is 6.75. The van der Waals surface area contributed by atoms with E-state index in [4.69, 9.17) is 8.85 Å². The smallest absolute Gasteiger partial charge is 0.367 e. The van der Waals surface area contributed by atoms with Gasteiger partial charge in [0.25, 0.3) is 0 Å². The van der Waals surface area contributed by atoms with Crippen LogP contribution in [0.25, 0.3) is 0 Å². The van der Waals surface area contributed by atoms with Crippen LogP contribution in [0.5, 0.6) is 0 Å². The first-order valence-electron chi connectivity index (χ1n) is 7.38. The zero-order valence-electron chi connectivity index (χ0n) is 13.9. The Bertz CT molecular complexity index is 500. The van der Waals surface area contributed by atoms with Crippen molar-refractivity contribution in [1.29, 1.82) is 0 Å². The number of rotatable bonds is 8. The minimum Gasteiger partial charge on any atom is -0.367 e. The minimum absolute atomic E-state index is 0.118. The summed E-state index contributed by atoms with van der Waals surface area (Å²) in [5.41, 5.74) is 0. The van der Waals surface area contributed by atoms with E-state index in [1.165, 1.54) is 24.3 Å². The second-order valence-corrected chi connectivity index (χ2v) is 8.08. The molecule has 1 aromatic rings. The van der Waals surface area contributed by atoms with E-state index in [-0.39, 0.29) is 5.19 Å². The average molecular weight is 372 g/mol. The lowest BCUT2D eigenvalue weighted by Crippen LogP contribution is -2.65. The second-order valence-electron chi connectivity index (χ2n) is 5.72. The van der Waals surface area contributed by atoms with E-state index in [2.05, 4.69) is 4.43 Å². The Morgan fingerprint density at radius 1 is 0.917 bits per heavy atom. The molecule has 9 heteroatoms. The van der Waals surface area contributed by atoms with Crippen LogP contribution in [-0.2, 0) is 13.3 Å². The fourth-order valence-electron chi connectivity index (χ4n) is 1.91. The van der Waals surface area contributed by atoms with E-state index in [1.54, 1.807) is 33.8 Å². The molecule has 0 fully saturated rings. The van der Waals surface area contributed by atoms with Gasteiger partial charge in [-0.05, 0) is 27.7 Å². The van der Waals surface area contributed by atoms with Crippen LogP contribution < -0.4 is 5.19 Å². The molecule has 1 unspecified atom stereocenters. The Kier molecular flexibility index (Phi) is 6.91. The number of hydrogen-bond acceptors (Lipinski definition) is 3. The largest absolute Gasteiger partial charge is 0.540 e. The van der Waals surface area contributed by atoms with Gasteiger partial charge in [-0.25, -0.2) is 4.39 Å². The molecule has 1 atom stereocenters. The third kappa shape index (κ3) is 4.98. The maximum absolute atomic E-state index is 14.3. The van der Waals surface area contributed by atoms with E-state index in [0.29, 0.717) is 0 Å². The number of hydrogen-bond donors (Lipinski definition) is 0. The highest BCUT2D eigenvalue weighted by Gasteiger charge is 2.64. The number of alkyl halides is 5. The molecule has 0 radical (unpaired) electrons. The predicted octanol–water partition coefficient (Wildman–Crippen LogP) is 3.90. The lowest BCUT2D eigenvalue weighted by molar-refractivity contribution is -0.319. The molecule has 1 aromatic carbocycles. The van der Waals surface area contributed by atoms with Gasteiger partial charge in [0.2, 0.25) is 0 Å². The summed E-state index contributed by atoms with van der Waals surface area (Å²) in [4.78, 5) is 0. The molecule has 0 bridgehead atoms. The maximum Gasteiger partial charge on any atom is 0.540 e. The molecule has 24 heavy (non-hydrogen) atoms. The van der Waals surface area contributed by atoms with Crippen LogP contribution in [0.1, 0.15) is 27.7 Å². The summed E-state index contributed by atoms with van der Waals surface area (Å²) in [6, 6.07) is 7.49. The summed E-state index contributed by atoms with van der Waals surface area (Å²) < 4.78 is 81.9. The van der Waals surface area contributed by atoms with Gasteiger partial charge >= 0.3 is 20.8 Å². The Hall–Kier alpha value is -1.03. The van der Waals surface area contributed by atoms with Gasteiger partial charge in [-0.15, -0.1) is 0 Å². The number of halogens is 5. The van der Waals surface area contributed by atoms with Crippen molar-refractivity contribution in [2.75, 3.05) is 6.67 Å². The van der Waals surface area contributed by atoms with Crippen LogP contribution in [0.2, 0.25) is 0 Å².